The Morgan fingerprint density at radius 2 is 0.879 bits per heavy atom. The number of hydrogen-bond acceptors (Lipinski definition) is 3. The van der Waals surface area contributed by atoms with Gasteiger partial charge < -0.3 is 14.2 Å². The van der Waals surface area contributed by atoms with E-state index in [9.17, 15) is 0 Å². The van der Waals surface area contributed by atoms with Gasteiger partial charge in [-0.1, -0.05) is 89.4 Å². The number of benzene rings is 4. The lowest BCUT2D eigenvalue weighted by Gasteiger charge is -2.16. The molecule has 0 radical (unpaired) electrons. The van der Waals surface area contributed by atoms with Gasteiger partial charge in [0.1, 0.15) is 25.6 Å². The zero-order valence-corrected chi connectivity index (χ0v) is 19.9. The van der Waals surface area contributed by atoms with E-state index in [1.807, 2.05) is 84.9 Å². The Kier molecular flexibility index (Phi) is 8.01. The van der Waals surface area contributed by atoms with Crippen LogP contribution in [0.3, 0.4) is 0 Å². The SMILES string of the molecule is Clc1ccccc1COc1ccc(OCc2ccccc2Cl)c(OCc2ccccc2Cl)c1. The molecule has 4 aromatic carbocycles. The van der Waals surface area contributed by atoms with Crippen LogP contribution < -0.4 is 14.2 Å². The van der Waals surface area contributed by atoms with Crippen molar-refractivity contribution in [3.8, 4) is 17.2 Å². The van der Waals surface area contributed by atoms with Crippen molar-refractivity contribution in [3.05, 3.63) is 123 Å². The topological polar surface area (TPSA) is 27.7 Å². The van der Waals surface area contributed by atoms with Crippen molar-refractivity contribution >= 4 is 34.8 Å². The van der Waals surface area contributed by atoms with Crippen molar-refractivity contribution in [1.29, 1.82) is 0 Å². The van der Waals surface area contributed by atoms with Crippen LogP contribution in [0.15, 0.2) is 91.0 Å². The van der Waals surface area contributed by atoms with Gasteiger partial charge in [0.05, 0.1) is 0 Å². The minimum atomic E-state index is 0.288. The minimum Gasteiger partial charge on any atom is -0.489 e. The van der Waals surface area contributed by atoms with Crippen LogP contribution in [0.25, 0.3) is 0 Å². The molecule has 0 heterocycles. The molecule has 0 aliphatic rings. The maximum absolute atomic E-state index is 6.29. The van der Waals surface area contributed by atoms with Crippen LogP contribution in [0.2, 0.25) is 15.1 Å². The maximum atomic E-state index is 6.29. The standard InChI is InChI=1S/C27H21Cl3O3/c28-23-10-4-1-7-19(23)16-31-22-13-14-26(32-17-20-8-2-5-11-24(20)29)27(15-22)33-18-21-9-3-6-12-25(21)30/h1-15H,16-18H2. The predicted molar refractivity (Wildman–Crippen MR) is 134 cm³/mol. The number of rotatable bonds is 9. The minimum absolute atomic E-state index is 0.288. The summed E-state index contributed by atoms with van der Waals surface area (Å²) in [5, 5.41) is 1.95. The summed E-state index contributed by atoms with van der Waals surface area (Å²) >= 11 is 18.8. The number of ether oxygens (including phenoxy) is 3. The molecule has 0 saturated heterocycles. The van der Waals surface area contributed by atoms with Gasteiger partial charge in [-0.2, -0.15) is 0 Å². The lowest BCUT2D eigenvalue weighted by Crippen LogP contribution is -2.02. The average molecular weight is 500 g/mol. The van der Waals surface area contributed by atoms with Gasteiger partial charge in [-0.15, -0.1) is 0 Å². The Morgan fingerprint density at radius 1 is 0.455 bits per heavy atom. The monoisotopic (exact) mass is 498 g/mol. The quantitative estimate of drug-likeness (QED) is 0.231. The zero-order chi connectivity index (χ0) is 23.0. The first kappa shape index (κ1) is 23.3. The molecule has 0 unspecified atom stereocenters. The lowest BCUT2D eigenvalue weighted by molar-refractivity contribution is 0.251. The van der Waals surface area contributed by atoms with E-state index in [1.165, 1.54) is 0 Å². The van der Waals surface area contributed by atoms with E-state index in [2.05, 4.69) is 0 Å². The Morgan fingerprint density at radius 3 is 1.36 bits per heavy atom. The molecule has 0 aliphatic heterocycles. The van der Waals surface area contributed by atoms with E-state index >= 15 is 0 Å². The third kappa shape index (κ3) is 6.35. The highest BCUT2D eigenvalue weighted by Crippen LogP contribution is 2.34. The second kappa shape index (κ2) is 11.3. The molecule has 4 aromatic rings. The molecule has 0 aliphatic carbocycles. The Hall–Kier alpha value is -2.85. The molecule has 0 aromatic heterocycles. The first-order chi connectivity index (χ1) is 16.1. The summed E-state index contributed by atoms with van der Waals surface area (Å²) in [5.74, 6) is 1.75. The molecule has 0 N–H and O–H groups in total. The average Bonchev–Trinajstić information content (AvgIpc) is 2.83. The smallest absolute Gasteiger partial charge is 0.165 e. The molecular weight excluding hydrogens is 479 g/mol. The molecule has 0 spiro atoms. The molecule has 0 saturated carbocycles. The molecule has 6 heteroatoms. The van der Waals surface area contributed by atoms with Crippen LogP contribution in [0, 0.1) is 0 Å². The summed E-state index contributed by atoms with van der Waals surface area (Å²) in [6.45, 7) is 0.932. The maximum Gasteiger partial charge on any atom is 0.165 e. The first-order valence-electron chi connectivity index (χ1n) is 10.3. The summed E-state index contributed by atoms with van der Waals surface area (Å²) in [7, 11) is 0. The van der Waals surface area contributed by atoms with Crippen LogP contribution in [0.5, 0.6) is 17.2 Å². The van der Waals surface area contributed by atoms with Crippen LogP contribution >= 0.6 is 34.8 Å². The first-order valence-corrected chi connectivity index (χ1v) is 11.5. The highest BCUT2D eigenvalue weighted by atomic mass is 35.5. The Labute approximate surface area is 208 Å². The van der Waals surface area contributed by atoms with Gasteiger partial charge in [0.25, 0.3) is 0 Å². The van der Waals surface area contributed by atoms with E-state index < -0.39 is 0 Å². The van der Waals surface area contributed by atoms with Gasteiger partial charge in [0.2, 0.25) is 0 Å². The Bertz CT molecular complexity index is 1230. The van der Waals surface area contributed by atoms with Crippen LogP contribution in [0.1, 0.15) is 16.7 Å². The van der Waals surface area contributed by atoms with Crippen LogP contribution in [-0.4, -0.2) is 0 Å². The summed E-state index contributed by atoms with van der Waals surface area (Å²) in [6, 6.07) is 28.2. The van der Waals surface area contributed by atoms with Gasteiger partial charge >= 0.3 is 0 Å². The molecular formula is C27H21Cl3O3. The van der Waals surface area contributed by atoms with E-state index in [1.54, 1.807) is 6.07 Å². The third-order valence-electron chi connectivity index (χ3n) is 4.95. The molecule has 0 amide bonds. The molecule has 0 atom stereocenters. The van der Waals surface area contributed by atoms with Gasteiger partial charge in [0, 0.05) is 37.8 Å². The fourth-order valence-electron chi connectivity index (χ4n) is 3.13. The summed E-state index contributed by atoms with van der Waals surface area (Å²) in [5.41, 5.74) is 2.66. The van der Waals surface area contributed by atoms with Crippen molar-refractivity contribution in [2.75, 3.05) is 0 Å². The van der Waals surface area contributed by atoms with Gasteiger partial charge in [-0.25, -0.2) is 0 Å². The third-order valence-corrected chi connectivity index (χ3v) is 6.06. The van der Waals surface area contributed by atoms with Gasteiger partial charge in [0.15, 0.2) is 11.5 Å². The fourth-order valence-corrected chi connectivity index (χ4v) is 3.70. The summed E-state index contributed by atoms with van der Waals surface area (Å²) < 4.78 is 18.1. The number of halogens is 3. The predicted octanol–water partition coefficient (Wildman–Crippen LogP) is 8.38. The van der Waals surface area contributed by atoms with E-state index in [4.69, 9.17) is 49.0 Å². The summed E-state index contributed by atoms with van der Waals surface area (Å²) in [4.78, 5) is 0. The second-order valence-electron chi connectivity index (χ2n) is 7.25. The molecule has 3 nitrogen and oxygen atoms in total. The van der Waals surface area contributed by atoms with Crippen molar-refractivity contribution in [1.82, 2.24) is 0 Å². The normalized spacial score (nSPS) is 10.6. The fraction of sp³-hybridized carbons (Fsp3) is 0.111. The molecule has 33 heavy (non-hydrogen) atoms. The Balaban J connectivity index is 1.53. The number of hydrogen-bond donors (Lipinski definition) is 0. The van der Waals surface area contributed by atoms with Gasteiger partial charge in [-0.3, -0.25) is 0 Å². The molecule has 0 fully saturated rings. The van der Waals surface area contributed by atoms with Crippen molar-refractivity contribution in [2.45, 2.75) is 19.8 Å². The van der Waals surface area contributed by atoms with E-state index in [-0.39, 0.29) is 6.61 Å². The molecule has 168 valence electrons. The highest BCUT2D eigenvalue weighted by molar-refractivity contribution is 6.31. The van der Waals surface area contributed by atoms with E-state index in [0.29, 0.717) is 45.5 Å². The van der Waals surface area contributed by atoms with Gasteiger partial charge in [-0.05, 0) is 30.3 Å². The lowest BCUT2D eigenvalue weighted by atomic mass is 10.2. The zero-order valence-electron chi connectivity index (χ0n) is 17.6. The van der Waals surface area contributed by atoms with Crippen molar-refractivity contribution in [2.24, 2.45) is 0 Å². The highest BCUT2D eigenvalue weighted by Gasteiger charge is 2.11. The van der Waals surface area contributed by atoms with Crippen molar-refractivity contribution < 1.29 is 14.2 Å². The molecule has 0 bridgehead atoms. The summed E-state index contributed by atoms with van der Waals surface area (Å²) in [6.07, 6.45) is 0. The van der Waals surface area contributed by atoms with Crippen LogP contribution in [0.4, 0.5) is 0 Å². The molecule has 4 rings (SSSR count). The van der Waals surface area contributed by atoms with E-state index in [0.717, 1.165) is 16.7 Å². The van der Waals surface area contributed by atoms with Crippen molar-refractivity contribution in [3.63, 3.8) is 0 Å². The van der Waals surface area contributed by atoms with Crippen LogP contribution in [-0.2, 0) is 19.8 Å². The second-order valence-corrected chi connectivity index (χ2v) is 8.47. The largest absolute Gasteiger partial charge is 0.489 e.